The van der Waals surface area contributed by atoms with Crippen molar-refractivity contribution in [3.63, 3.8) is 0 Å². The van der Waals surface area contributed by atoms with Crippen molar-refractivity contribution in [1.82, 2.24) is 5.32 Å². The summed E-state index contributed by atoms with van der Waals surface area (Å²) < 4.78 is 5.45. The fourth-order valence-corrected chi connectivity index (χ4v) is 2.45. The number of ether oxygens (including phenoxy) is 1. The molecule has 0 saturated heterocycles. The van der Waals surface area contributed by atoms with Crippen molar-refractivity contribution in [2.75, 3.05) is 13.7 Å². The van der Waals surface area contributed by atoms with Crippen molar-refractivity contribution < 1.29 is 19.4 Å². The van der Waals surface area contributed by atoms with E-state index in [9.17, 15) is 9.59 Å². The number of carbonyl (C=O) groups is 2. The summed E-state index contributed by atoms with van der Waals surface area (Å²) in [6.45, 7) is 2.12. The lowest BCUT2D eigenvalue weighted by Gasteiger charge is -2.27. The first-order chi connectivity index (χ1) is 11.5. The third-order valence-corrected chi connectivity index (χ3v) is 4.04. The Morgan fingerprint density at radius 2 is 1.83 bits per heavy atom. The van der Waals surface area contributed by atoms with Crippen molar-refractivity contribution in [2.24, 2.45) is 0 Å². The van der Waals surface area contributed by atoms with Gasteiger partial charge in [0, 0.05) is 13.7 Å². The Hall–Kier alpha value is -2.66. The number of benzene rings is 2. The Bertz CT molecular complexity index is 714. The van der Waals surface area contributed by atoms with E-state index in [1.165, 1.54) is 7.11 Å². The summed E-state index contributed by atoms with van der Waals surface area (Å²) in [7, 11) is 1.50. The number of hydrogen-bond acceptors (Lipinski definition) is 3. The largest absolute Gasteiger partial charge is 0.478 e. The van der Waals surface area contributed by atoms with Crippen LogP contribution < -0.4 is 5.32 Å². The predicted octanol–water partition coefficient (Wildman–Crippen LogP) is 2.61. The molecule has 0 aliphatic heterocycles. The molecule has 1 amide bonds. The van der Waals surface area contributed by atoms with E-state index in [1.807, 2.05) is 36.4 Å². The van der Waals surface area contributed by atoms with Gasteiger partial charge in [-0.1, -0.05) is 42.5 Å². The fourth-order valence-electron chi connectivity index (χ4n) is 2.45. The number of carboxylic acid groups (broad SMARTS) is 1. The smallest absolute Gasteiger partial charge is 0.335 e. The third kappa shape index (κ3) is 4.00. The first-order valence-corrected chi connectivity index (χ1v) is 7.68. The Kier molecular flexibility index (Phi) is 5.71. The second kappa shape index (κ2) is 7.75. The van der Waals surface area contributed by atoms with Gasteiger partial charge in [0.05, 0.1) is 5.56 Å². The van der Waals surface area contributed by atoms with Crippen LogP contribution in [0.4, 0.5) is 0 Å². The molecule has 2 N–H and O–H groups in total. The van der Waals surface area contributed by atoms with Crippen LogP contribution in [0.25, 0.3) is 0 Å². The number of hydrogen-bond donors (Lipinski definition) is 2. The Morgan fingerprint density at radius 3 is 2.46 bits per heavy atom. The monoisotopic (exact) mass is 327 g/mol. The van der Waals surface area contributed by atoms with E-state index in [4.69, 9.17) is 9.84 Å². The van der Waals surface area contributed by atoms with Crippen molar-refractivity contribution in [1.29, 1.82) is 0 Å². The number of aromatic carboxylic acids is 1. The average Bonchev–Trinajstić information content (AvgIpc) is 2.61. The number of nitrogens with one attached hydrogen (secondary N) is 1. The molecule has 0 fully saturated rings. The Labute approximate surface area is 141 Å². The lowest BCUT2D eigenvalue weighted by molar-refractivity contribution is -0.142. The van der Waals surface area contributed by atoms with Gasteiger partial charge in [0.1, 0.15) is 0 Å². The first kappa shape index (κ1) is 17.7. The second-order valence-electron chi connectivity index (χ2n) is 5.61. The van der Waals surface area contributed by atoms with Gasteiger partial charge in [-0.25, -0.2) is 4.79 Å². The summed E-state index contributed by atoms with van der Waals surface area (Å²) in [5, 5.41) is 11.9. The van der Waals surface area contributed by atoms with Gasteiger partial charge in [0.2, 0.25) is 0 Å². The van der Waals surface area contributed by atoms with Crippen molar-refractivity contribution in [3.05, 3.63) is 71.3 Å². The molecule has 126 valence electrons. The minimum absolute atomic E-state index is 0.231. The molecule has 5 heteroatoms. The number of amides is 1. The lowest BCUT2D eigenvalue weighted by atomic mass is 9.94. The summed E-state index contributed by atoms with van der Waals surface area (Å²) in [6, 6.07) is 16.0. The Morgan fingerprint density at radius 1 is 1.12 bits per heavy atom. The highest BCUT2D eigenvalue weighted by atomic mass is 16.5. The van der Waals surface area contributed by atoms with Crippen LogP contribution in [-0.4, -0.2) is 30.6 Å². The quantitative estimate of drug-likeness (QED) is 0.819. The van der Waals surface area contributed by atoms with Crippen molar-refractivity contribution in [2.45, 2.75) is 18.9 Å². The summed E-state index contributed by atoms with van der Waals surface area (Å²) in [5.41, 5.74) is 0.807. The van der Waals surface area contributed by atoms with Gasteiger partial charge in [-0.2, -0.15) is 0 Å². The summed E-state index contributed by atoms with van der Waals surface area (Å²) in [5.74, 6) is -1.19. The maximum absolute atomic E-state index is 12.5. The van der Waals surface area contributed by atoms with E-state index >= 15 is 0 Å². The van der Waals surface area contributed by atoms with Crippen LogP contribution >= 0.6 is 0 Å². The van der Waals surface area contributed by atoms with Gasteiger partial charge in [0.15, 0.2) is 5.60 Å². The standard InChI is InChI=1S/C19H21NO4/c1-19(24-2,16-9-4-3-5-10-16)18(23)20-12-11-14-7-6-8-15(13-14)17(21)22/h3-10,13H,11-12H2,1-2H3,(H,20,23)(H,21,22)/t19-/m0/s1. The van der Waals surface area contributed by atoms with Gasteiger partial charge in [-0.15, -0.1) is 0 Å². The number of carboxylic acids is 1. The molecule has 0 radical (unpaired) electrons. The van der Waals surface area contributed by atoms with E-state index in [-0.39, 0.29) is 11.5 Å². The molecule has 5 nitrogen and oxygen atoms in total. The Balaban J connectivity index is 1.99. The van der Waals surface area contributed by atoms with Crippen molar-refractivity contribution >= 4 is 11.9 Å². The molecular weight excluding hydrogens is 306 g/mol. The number of carbonyl (C=O) groups excluding carboxylic acids is 1. The zero-order valence-corrected chi connectivity index (χ0v) is 13.8. The SMILES string of the molecule is CO[C@](C)(C(=O)NCCc1cccc(C(=O)O)c1)c1ccccc1. The molecule has 0 aliphatic carbocycles. The van der Waals surface area contributed by atoms with E-state index < -0.39 is 11.6 Å². The highest BCUT2D eigenvalue weighted by molar-refractivity contribution is 5.88. The molecule has 0 aromatic heterocycles. The fraction of sp³-hybridized carbons (Fsp3) is 0.263. The zero-order valence-electron chi connectivity index (χ0n) is 13.8. The molecule has 0 aliphatic rings. The molecule has 0 saturated carbocycles. The minimum Gasteiger partial charge on any atom is -0.478 e. The van der Waals surface area contributed by atoms with Crippen LogP contribution in [0, 0.1) is 0 Å². The highest BCUT2D eigenvalue weighted by Crippen LogP contribution is 2.24. The summed E-state index contributed by atoms with van der Waals surface area (Å²) in [4.78, 5) is 23.5. The third-order valence-electron chi connectivity index (χ3n) is 4.04. The van der Waals surface area contributed by atoms with Crippen LogP contribution in [0.15, 0.2) is 54.6 Å². The first-order valence-electron chi connectivity index (χ1n) is 7.68. The van der Waals surface area contributed by atoms with E-state index in [2.05, 4.69) is 5.32 Å². The minimum atomic E-state index is -1.07. The molecule has 0 bridgehead atoms. The van der Waals surface area contributed by atoms with Crippen molar-refractivity contribution in [3.8, 4) is 0 Å². The van der Waals surface area contributed by atoms with Gasteiger partial charge < -0.3 is 15.2 Å². The molecule has 0 unspecified atom stereocenters. The molecule has 0 spiro atoms. The molecule has 0 heterocycles. The van der Waals surface area contributed by atoms with Crippen LogP contribution in [0.5, 0.6) is 0 Å². The molecule has 2 aromatic rings. The maximum Gasteiger partial charge on any atom is 0.335 e. The van der Waals surface area contributed by atoms with Gasteiger partial charge in [-0.05, 0) is 36.6 Å². The zero-order chi connectivity index (χ0) is 17.6. The molecule has 2 aromatic carbocycles. The summed E-state index contributed by atoms with van der Waals surface area (Å²) in [6.07, 6.45) is 0.543. The van der Waals surface area contributed by atoms with Crippen LogP contribution in [-0.2, 0) is 21.6 Å². The topological polar surface area (TPSA) is 75.6 Å². The van der Waals surface area contributed by atoms with E-state index in [1.54, 1.807) is 25.1 Å². The number of rotatable bonds is 7. The van der Waals surface area contributed by atoms with E-state index in [0.29, 0.717) is 13.0 Å². The molecule has 24 heavy (non-hydrogen) atoms. The second-order valence-corrected chi connectivity index (χ2v) is 5.61. The van der Waals surface area contributed by atoms with Gasteiger partial charge in [-0.3, -0.25) is 4.79 Å². The highest BCUT2D eigenvalue weighted by Gasteiger charge is 2.34. The predicted molar refractivity (Wildman–Crippen MR) is 90.9 cm³/mol. The van der Waals surface area contributed by atoms with Gasteiger partial charge in [0.25, 0.3) is 5.91 Å². The normalized spacial score (nSPS) is 13.1. The van der Waals surface area contributed by atoms with Crippen LogP contribution in [0.2, 0.25) is 0 Å². The van der Waals surface area contributed by atoms with E-state index in [0.717, 1.165) is 11.1 Å². The van der Waals surface area contributed by atoms with Gasteiger partial charge >= 0.3 is 5.97 Å². The maximum atomic E-state index is 12.5. The molecule has 2 rings (SSSR count). The van der Waals surface area contributed by atoms with Crippen LogP contribution in [0.3, 0.4) is 0 Å². The van der Waals surface area contributed by atoms with Crippen LogP contribution in [0.1, 0.15) is 28.4 Å². The lowest BCUT2D eigenvalue weighted by Crippen LogP contribution is -2.44. The average molecular weight is 327 g/mol. The summed E-state index contributed by atoms with van der Waals surface area (Å²) >= 11 is 0. The molecule has 1 atom stereocenters. The number of methoxy groups -OCH3 is 1. The molecular formula is C19H21NO4.